The summed E-state index contributed by atoms with van der Waals surface area (Å²) in [7, 11) is 0. The Morgan fingerprint density at radius 1 is 1.56 bits per heavy atom. The van der Waals surface area contributed by atoms with Crippen LogP contribution in [0.15, 0.2) is 11.4 Å². The Bertz CT molecular complexity index is 317. The van der Waals surface area contributed by atoms with Gasteiger partial charge in [-0.15, -0.1) is 11.3 Å². The zero-order valence-corrected chi connectivity index (χ0v) is 11.4. The first kappa shape index (κ1) is 13.9. The van der Waals surface area contributed by atoms with Gasteiger partial charge in [0.05, 0.1) is 17.2 Å². The lowest BCUT2D eigenvalue weighted by atomic mass is 9.98. The predicted octanol–water partition coefficient (Wildman–Crippen LogP) is 2.97. The van der Waals surface area contributed by atoms with Crippen LogP contribution in [0.3, 0.4) is 0 Å². The van der Waals surface area contributed by atoms with Crippen LogP contribution >= 0.6 is 22.9 Å². The summed E-state index contributed by atoms with van der Waals surface area (Å²) in [6.45, 7) is 6.89. The molecule has 0 aliphatic rings. The Kier molecular flexibility index (Phi) is 5.72. The minimum atomic E-state index is -0.0487. The summed E-state index contributed by atoms with van der Waals surface area (Å²) in [6, 6.07) is 1.84. The SMILES string of the molecule is CCOC(C(C)C)C(NN)c1sccc1Cl. The van der Waals surface area contributed by atoms with Gasteiger partial charge in [-0.3, -0.25) is 5.84 Å². The number of ether oxygens (including phenoxy) is 1. The molecular weight excluding hydrogens is 244 g/mol. The van der Waals surface area contributed by atoms with Crippen LogP contribution < -0.4 is 11.3 Å². The number of hydrazine groups is 1. The zero-order valence-electron chi connectivity index (χ0n) is 9.87. The lowest BCUT2D eigenvalue weighted by Gasteiger charge is -2.29. The molecule has 0 bridgehead atoms. The first-order chi connectivity index (χ1) is 7.61. The minimum absolute atomic E-state index is 0.0335. The van der Waals surface area contributed by atoms with Crippen LogP contribution in [0.1, 0.15) is 31.7 Å². The Morgan fingerprint density at radius 2 is 2.25 bits per heavy atom. The largest absolute Gasteiger partial charge is 0.376 e. The molecule has 0 saturated carbocycles. The van der Waals surface area contributed by atoms with Gasteiger partial charge in [0.15, 0.2) is 0 Å². The number of halogens is 1. The predicted molar refractivity (Wildman–Crippen MR) is 69.6 cm³/mol. The molecule has 1 rings (SSSR count). The molecule has 0 aliphatic heterocycles. The Labute approximate surface area is 106 Å². The van der Waals surface area contributed by atoms with Crippen LogP contribution in [0.4, 0.5) is 0 Å². The van der Waals surface area contributed by atoms with Gasteiger partial charge in [0.25, 0.3) is 0 Å². The topological polar surface area (TPSA) is 47.3 Å². The summed E-state index contributed by atoms with van der Waals surface area (Å²) in [5, 5.41) is 2.71. The molecule has 0 radical (unpaired) electrons. The van der Waals surface area contributed by atoms with E-state index in [1.54, 1.807) is 11.3 Å². The van der Waals surface area contributed by atoms with Crippen molar-refractivity contribution in [3.63, 3.8) is 0 Å². The Hall–Kier alpha value is -0.130. The second kappa shape index (κ2) is 6.57. The van der Waals surface area contributed by atoms with Crippen LogP contribution in [-0.2, 0) is 4.74 Å². The second-order valence-corrected chi connectivity index (χ2v) is 5.30. The van der Waals surface area contributed by atoms with Gasteiger partial charge in [-0.1, -0.05) is 25.4 Å². The smallest absolute Gasteiger partial charge is 0.0832 e. The highest BCUT2D eigenvalue weighted by atomic mass is 35.5. The number of hydrogen-bond acceptors (Lipinski definition) is 4. The molecule has 1 aromatic rings. The van der Waals surface area contributed by atoms with Gasteiger partial charge in [-0.2, -0.15) is 0 Å². The molecule has 0 spiro atoms. The highest BCUT2D eigenvalue weighted by molar-refractivity contribution is 7.10. The van der Waals surface area contributed by atoms with Crippen LogP contribution in [0, 0.1) is 5.92 Å². The van der Waals surface area contributed by atoms with Crippen LogP contribution in [0.2, 0.25) is 5.02 Å². The first-order valence-electron chi connectivity index (χ1n) is 5.42. The van der Waals surface area contributed by atoms with Crippen molar-refractivity contribution in [1.29, 1.82) is 0 Å². The van der Waals surface area contributed by atoms with Crippen LogP contribution in [0.25, 0.3) is 0 Å². The van der Waals surface area contributed by atoms with Gasteiger partial charge in [0.2, 0.25) is 0 Å². The molecule has 3 N–H and O–H groups in total. The highest BCUT2D eigenvalue weighted by Crippen LogP contribution is 2.33. The number of thiophene rings is 1. The lowest BCUT2D eigenvalue weighted by Crippen LogP contribution is -2.40. The van der Waals surface area contributed by atoms with Crippen molar-refractivity contribution in [3.05, 3.63) is 21.3 Å². The molecule has 0 fully saturated rings. The van der Waals surface area contributed by atoms with Crippen LogP contribution in [-0.4, -0.2) is 12.7 Å². The number of nitrogens with two attached hydrogens (primary N) is 1. The molecule has 16 heavy (non-hydrogen) atoms. The highest BCUT2D eigenvalue weighted by Gasteiger charge is 2.28. The Morgan fingerprint density at radius 3 is 2.62 bits per heavy atom. The van der Waals surface area contributed by atoms with Crippen LogP contribution in [0.5, 0.6) is 0 Å². The van der Waals surface area contributed by atoms with E-state index in [1.807, 2.05) is 18.4 Å². The molecule has 3 nitrogen and oxygen atoms in total. The van der Waals surface area contributed by atoms with Crippen molar-refractivity contribution in [2.24, 2.45) is 11.8 Å². The summed E-state index contributed by atoms with van der Waals surface area (Å²) in [5.41, 5.74) is 2.81. The van der Waals surface area contributed by atoms with E-state index in [9.17, 15) is 0 Å². The molecule has 1 aromatic heterocycles. The molecule has 0 aliphatic carbocycles. The molecule has 0 aromatic carbocycles. The molecule has 2 unspecified atom stereocenters. The summed E-state index contributed by atoms with van der Waals surface area (Å²) in [6.07, 6.45) is 0.0335. The summed E-state index contributed by atoms with van der Waals surface area (Å²) < 4.78 is 5.74. The van der Waals surface area contributed by atoms with Crippen molar-refractivity contribution >= 4 is 22.9 Å². The molecule has 1 heterocycles. The molecule has 0 amide bonds. The van der Waals surface area contributed by atoms with Crippen molar-refractivity contribution in [2.75, 3.05) is 6.61 Å². The van der Waals surface area contributed by atoms with Gasteiger partial charge in [-0.05, 0) is 24.3 Å². The summed E-state index contributed by atoms with van der Waals surface area (Å²) in [4.78, 5) is 1.04. The summed E-state index contributed by atoms with van der Waals surface area (Å²) >= 11 is 7.72. The molecule has 2 atom stereocenters. The van der Waals surface area contributed by atoms with E-state index in [4.69, 9.17) is 22.2 Å². The molecular formula is C11H19ClN2OS. The maximum absolute atomic E-state index is 6.12. The van der Waals surface area contributed by atoms with E-state index in [2.05, 4.69) is 19.3 Å². The fourth-order valence-electron chi connectivity index (χ4n) is 1.71. The standard InChI is InChI=1S/C11H19ClN2OS/c1-4-15-10(7(2)3)9(14-13)11-8(12)5-6-16-11/h5-7,9-10,14H,4,13H2,1-3H3. The monoisotopic (exact) mass is 262 g/mol. The van der Waals surface area contributed by atoms with Crippen molar-refractivity contribution in [2.45, 2.75) is 32.9 Å². The van der Waals surface area contributed by atoms with E-state index in [-0.39, 0.29) is 12.1 Å². The maximum atomic E-state index is 6.12. The lowest BCUT2D eigenvalue weighted by molar-refractivity contribution is 0.00364. The van der Waals surface area contributed by atoms with Crippen molar-refractivity contribution in [3.8, 4) is 0 Å². The number of nitrogens with one attached hydrogen (secondary N) is 1. The van der Waals surface area contributed by atoms with E-state index in [0.717, 1.165) is 9.90 Å². The van der Waals surface area contributed by atoms with E-state index in [1.165, 1.54) is 0 Å². The number of rotatable bonds is 6. The van der Waals surface area contributed by atoms with Crippen molar-refractivity contribution < 1.29 is 4.74 Å². The van der Waals surface area contributed by atoms with Gasteiger partial charge in [0, 0.05) is 11.5 Å². The average molecular weight is 263 g/mol. The fraction of sp³-hybridized carbons (Fsp3) is 0.636. The average Bonchev–Trinajstić information content (AvgIpc) is 2.65. The first-order valence-corrected chi connectivity index (χ1v) is 6.68. The van der Waals surface area contributed by atoms with Crippen molar-refractivity contribution in [1.82, 2.24) is 5.43 Å². The summed E-state index contributed by atoms with van der Waals surface area (Å²) in [5.74, 6) is 5.99. The third-order valence-electron chi connectivity index (χ3n) is 2.45. The van der Waals surface area contributed by atoms with Gasteiger partial charge in [0.1, 0.15) is 0 Å². The third-order valence-corrected chi connectivity index (χ3v) is 3.89. The third kappa shape index (κ3) is 3.18. The quantitative estimate of drug-likeness (QED) is 0.612. The molecule has 5 heteroatoms. The minimum Gasteiger partial charge on any atom is -0.376 e. The zero-order chi connectivity index (χ0) is 12.1. The van der Waals surface area contributed by atoms with E-state index < -0.39 is 0 Å². The fourth-order valence-corrected chi connectivity index (χ4v) is 2.98. The van der Waals surface area contributed by atoms with Gasteiger partial charge >= 0.3 is 0 Å². The normalized spacial score (nSPS) is 15.4. The number of hydrogen-bond donors (Lipinski definition) is 2. The van der Waals surface area contributed by atoms with E-state index in [0.29, 0.717) is 12.5 Å². The van der Waals surface area contributed by atoms with E-state index >= 15 is 0 Å². The Balaban J connectivity index is 2.90. The molecule has 92 valence electrons. The van der Waals surface area contributed by atoms with Gasteiger partial charge in [-0.25, -0.2) is 5.43 Å². The molecule has 0 saturated heterocycles. The maximum Gasteiger partial charge on any atom is 0.0832 e. The second-order valence-electron chi connectivity index (χ2n) is 3.94. The van der Waals surface area contributed by atoms with Gasteiger partial charge < -0.3 is 4.74 Å².